The van der Waals surface area contributed by atoms with Crippen LogP contribution in [0.25, 0.3) is 0 Å². The minimum absolute atomic E-state index is 0.107. The monoisotopic (exact) mass is 257 g/mol. The van der Waals surface area contributed by atoms with Crippen molar-refractivity contribution in [3.8, 4) is 0 Å². The predicted octanol–water partition coefficient (Wildman–Crippen LogP) is 2.22. The van der Waals surface area contributed by atoms with Gasteiger partial charge in [-0.2, -0.15) is 5.10 Å². The largest absolute Gasteiger partial charge is 0.313 e. The van der Waals surface area contributed by atoms with Crippen LogP contribution in [-0.4, -0.2) is 20.6 Å². The molecule has 0 aromatic carbocycles. The predicted molar refractivity (Wildman–Crippen MR) is 71.0 cm³/mol. The summed E-state index contributed by atoms with van der Waals surface area (Å²) in [5.41, 5.74) is 3.97. The Morgan fingerprint density at radius 2 is 2.16 bits per heavy atom. The van der Waals surface area contributed by atoms with E-state index in [1.54, 1.807) is 25.4 Å². The van der Waals surface area contributed by atoms with Gasteiger partial charge in [-0.3, -0.25) is 20.5 Å². The highest BCUT2D eigenvalue weighted by Gasteiger charge is 2.13. The summed E-state index contributed by atoms with van der Waals surface area (Å²) in [5.74, 6) is 0.107. The molecule has 0 atom stereocenters. The number of pyridine rings is 2. The summed E-state index contributed by atoms with van der Waals surface area (Å²) in [4.78, 5) is 18.2. The highest BCUT2D eigenvalue weighted by molar-refractivity contribution is 5.98. The molecule has 2 aromatic rings. The number of nitrogens with one attached hydrogen (secondary N) is 1. The lowest BCUT2D eigenvalue weighted by atomic mass is 10.2. The summed E-state index contributed by atoms with van der Waals surface area (Å²) < 4.78 is 0. The van der Waals surface area contributed by atoms with Crippen LogP contribution in [-0.2, 0) is 0 Å². The third-order valence-electron chi connectivity index (χ3n) is 2.39. The Labute approximate surface area is 109 Å². The van der Waals surface area contributed by atoms with E-state index in [4.69, 9.17) is 0 Å². The van der Waals surface area contributed by atoms with Gasteiger partial charge in [-0.05, 0) is 19.1 Å². The Kier molecular flexibility index (Phi) is 3.77. The molecule has 2 aromatic heterocycles. The summed E-state index contributed by atoms with van der Waals surface area (Å²) in [7, 11) is 0. The van der Waals surface area contributed by atoms with Crippen LogP contribution in [0.5, 0.6) is 0 Å². The van der Waals surface area contributed by atoms with Gasteiger partial charge in [0.1, 0.15) is 0 Å². The van der Waals surface area contributed by atoms with E-state index < -0.39 is 4.92 Å². The number of nitrogens with zero attached hydrogens (tertiary/aromatic N) is 4. The second kappa shape index (κ2) is 5.67. The van der Waals surface area contributed by atoms with Gasteiger partial charge in [0.2, 0.25) is 5.82 Å². The Hall–Kier alpha value is -2.83. The topological polar surface area (TPSA) is 93.3 Å². The van der Waals surface area contributed by atoms with E-state index in [2.05, 4.69) is 20.5 Å². The molecule has 0 aliphatic rings. The highest BCUT2D eigenvalue weighted by Crippen LogP contribution is 2.20. The summed E-state index contributed by atoms with van der Waals surface area (Å²) in [6, 6.07) is 6.50. The third kappa shape index (κ3) is 3.09. The smallest absolute Gasteiger partial charge is 0.264 e. The molecule has 19 heavy (non-hydrogen) atoms. The molecule has 0 fully saturated rings. The second-order valence-corrected chi connectivity index (χ2v) is 3.68. The van der Waals surface area contributed by atoms with Gasteiger partial charge in [0, 0.05) is 30.2 Å². The minimum atomic E-state index is -0.510. The van der Waals surface area contributed by atoms with Gasteiger partial charge in [0.15, 0.2) is 0 Å². The molecular formula is C12H11N5O2. The number of aromatic nitrogens is 2. The van der Waals surface area contributed by atoms with Gasteiger partial charge < -0.3 is 0 Å². The molecule has 2 heterocycles. The van der Waals surface area contributed by atoms with E-state index >= 15 is 0 Å². The molecule has 0 amide bonds. The average molecular weight is 257 g/mol. The average Bonchev–Trinajstić information content (AvgIpc) is 2.46. The van der Waals surface area contributed by atoms with Crippen LogP contribution in [0.2, 0.25) is 0 Å². The van der Waals surface area contributed by atoms with Gasteiger partial charge in [-0.15, -0.1) is 0 Å². The van der Waals surface area contributed by atoms with Crippen molar-refractivity contribution in [2.24, 2.45) is 5.10 Å². The van der Waals surface area contributed by atoms with Crippen molar-refractivity contribution in [3.63, 3.8) is 0 Å². The zero-order chi connectivity index (χ0) is 13.7. The van der Waals surface area contributed by atoms with Crippen LogP contribution in [0, 0.1) is 10.1 Å². The fourth-order valence-corrected chi connectivity index (χ4v) is 1.41. The summed E-state index contributed by atoms with van der Waals surface area (Å²) >= 11 is 0. The van der Waals surface area contributed by atoms with Gasteiger partial charge in [0.05, 0.1) is 10.6 Å². The maximum Gasteiger partial charge on any atom is 0.313 e. The number of nitro groups is 1. The molecule has 0 saturated heterocycles. The van der Waals surface area contributed by atoms with E-state index in [0.717, 1.165) is 5.56 Å². The number of rotatable bonds is 4. The molecule has 0 aliphatic heterocycles. The van der Waals surface area contributed by atoms with Gasteiger partial charge >= 0.3 is 5.69 Å². The Morgan fingerprint density at radius 3 is 2.84 bits per heavy atom. The molecule has 0 saturated carbocycles. The highest BCUT2D eigenvalue weighted by atomic mass is 16.6. The van der Waals surface area contributed by atoms with E-state index in [1.165, 1.54) is 18.3 Å². The van der Waals surface area contributed by atoms with Crippen molar-refractivity contribution in [3.05, 3.63) is 58.5 Å². The number of anilines is 1. The lowest BCUT2D eigenvalue weighted by Crippen LogP contribution is -2.03. The SMILES string of the molecule is C/C(=N\Nc1ncccc1[N+](=O)[O-])c1cccnc1. The van der Waals surface area contributed by atoms with Crippen molar-refractivity contribution in [2.45, 2.75) is 6.92 Å². The molecule has 0 bridgehead atoms. The van der Waals surface area contributed by atoms with Crippen molar-refractivity contribution in [2.75, 3.05) is 5.43 Å². The zero-order valence-corrected chi connectivity index (χ0v) is 10.1. The molecule has 96 valence electrons. The van der Waals surface area contributed by atoms with E-state index in [0.29, 0.717) is 5.71 Å². The molecule has 0 radical (unpaired) electrons. The first-order valence-electron chi connectivity index (χ1n) is 5.48. The normalized spacial score (nSPS) is 11.1. The van der Waals surface area contributed by atoms with Crippen LogP contribution in [0.3, 0.4) is 0 Å². The zero-order valence-electron chi connectivity index (χ0n) is 10.1. The maximum absolute atomic E-state index is 10.8. The van der Waals surface area contributed by atoms with E-state index in [1.807, 2.05) is 6.07 Å². The lowest BCUT2D eigenvalue weighted by molar-refractivity contribution is -0.384. The maximum atomic E-state index is 10.8. The molecule has 7 heteroatoms. The standard InChI is InChI=1S/C12H11N5O2/c1-9(10-4-2-6-13-8-10)15-16-12-11(17(18)19)5-3-7-14-12/h2-8H,1H3,(H,14,16)/b15-9+. The molecule has 0 unspecified atom stereocenters. The fourth-order valence-electron chi connectivity index (χ4n) is 1.41. The number of hydrogen-bond donors (Lipinski definition) is 1. The number of hydrogen-bond acceptors (Lipinski definition) is 6. The van der Waals surface area contributed by atoms with E-state index in [9.17, 15) is 10.1 Å². The van der Waals surface area contributed by atoms with Crippen LogP contribution in [0.4, 0.5) is 11.5 Å². The quantitative estimate of drug-likeness (QED) is 0.515. The Morgan fingerprint density at radius 1 is 1.37 bits per heavy atom. The fraction of sp³-hybridized carbons (Fsp3) is 0.0833. The van der Waals surface area contributed by atoms with Gasteiger partial charge in [-0.25, -0.2) is 4.98 Å². The molecule has 0 spiro atoms. The molecule has 7 nitrogen and oxygen atoms in total. The van der Waals surface area contributed by atoms with E-state index in [-0.39, 0.29) is 11.5 Å². The van der Waals surface area contributed by atoms with Crippen molar-refractivity contribution < 1.29 is 4.92 Å². The number of hydrazone groups is 1. The van der Waals surface area contributed by atoms with Crippen LogP contribution < -0.4 is 5.43 Å². The second-order valence-electron chi connectivity index (χ2n) is 3.68. The molecule has 2 rings (SSSR count). The van der Waals surface area contributed by atoms with Crippen molar-refractivity contribution in [1.82, 2.24) is 9.97 Å². The summed E-state index contributed by atoms with van der Waals surface area (Å²) in [6.07, 6.45) is 4.78. The van der Waals surface area contributed by atoms with Crippen LogP contribution in [0.1, 0.15) is 12.5 Å². The third-order valence-corrected chi connectivity index (χ3v) is 2.39. The summed E-state index contributed by atoms with van der Waals surface area (Å²) in [5, 5.41) is 14.9. The van der Waals surface area contributed by atoms with Gasteiger partial charge in [0.25, 0.3) is 0 Å². The first-order chi connectivity index (χ1) is 9.18. The minimum Gasteiger partial charge on any atom is -0.264 e. The lowest BCUT2D eigenvalue weighted by Gasteiger charge is -2.02. The molecule has 1 N–H and O–H groups in total. The van der Waals surface area contributed by atoms with Gasteiger partial charge in [-0.1, -0.05) is 6.07 Å². The van der Waals surface area contributed by atoms with Crippen LogP contribution in [0.15, 0.2) is 48.0 Å². The molecule has 0 aliphatic carbocycles. The van der Waals surface area contributed by atoms with Crippen molar-refractivity contribution in [1.29, 1.82) is 0 Å². The first kappa shape index (κ1) is 12.6. The Balaban J connectivity index is 2.21. The molecular weight excluding hydrogens is 246 g/mol. The Bertz CT molecular complexity index is 613. The van der Waals surface area contributed by atoms with Crippen LogP contribution >= 0.6 is 0 Å². The first-order valence-corrected chi connectivity index (χ1v) is 5.48. The summed E-state index contributed by atoms with van der Waals surface area (Å²) in [6.45, 7) is 1.78. The van der Waals surface area contributed by atoms with Crippen molar-refractivity contribution >= 4 is 17.2 Å².